The lowest BCUT2D eigenvalue weighted by molar-refractivity contribution is 0.414. The number of H-pyrrole nitrogens is 1. The van der Waals surface area contributed by atoms with E-state index < -0.39 is 0 Å². The highest BCUT2D eigenvalue weighted by atomic mass is 16.5. The molecule has 1 aromatic carbocycles. The fourth-order valence-corrected chi connectivity index (χ4v) is 2.57. The number of benzene rings is 1. The number of hydrogen-bond acceptors (Lipinski definition) is 3. The van der Waals surface area contributed by atoms with E-state index in [1.165, 1.54) is 16.7 Å². The van der Waals surface area contributed by atoms with Gasteiger partial charge >= 0.3 is 0 Å². The third-order valence-corrected chi connectivity index (χ3v) is 3.28. The lowest BCUT2D eigenvalue weighted by Gasteiger charge is -2.17. The molecule has 0 fully saturated rings. The molecule has 1 heterocycles. The molecule has 0 aliphatic carbocycles. The highest BCUT2D eigenvalue weighted by Gasteiger charge is 2.14. The quantitative estimate of drug-likeness (QED) is 0.901. The topological polar surface area (TPSA) is 50.8 Å². The van der Waals surface area contributed by atoms with Gasteiger partial charge in [-0.15, -0.1) is 0 Å². The largest absolute Gasteiger partial charge is 0.497 e. The molecular weight excluding hydrogens is 226 g/mol. The molecule has 4 heteroatoms. The van der Waals surface area contributed by atoms with Gasteiger partial charge in [-0.3, -0.25) is 0 Å². The Balaban J connectivity index is 2.27. The van der Waals surface area contributed by atoms with Crippen molar-refractivity contribution in [3.05, 3.63) is 40.7 Å². The summed E-state index contributed by atoms with van der Waals surface area (Å²) in [5.74, 6) is 1.34. The molecule has 2 aromatic rings. The van der Waals surface area contributed by atoms with Crippen LogP contribution in [0.4, 0.5) is 0 Å². The second-order valence-corrected chi connectivity index (χ2v) is 4.74. The Bertz CT molecular complexity index is 497. The molecule has 0 aliphatic heterocycles. The Labute approximate surface area is 107 Å². The van der Waals surface area contributed by atoms with Gasteiger partial charge < -0.3 is 4.74 Å². The number of ether oxygens (including phenoxy) is 1. The summed E-state index contributed by atoms with van der Waals surface area (Å²) in [4.78, 5) is 0. The first-order valence-electron chi connectivity index (χ1n) is 6.11. The summed E-state index contributed by atoms with van der Waals surface area (Å²) in [7, 11) is 1.70. The molecule has 0 amide bonds. The van der Waals surface area contributed by atoms with Gasteiger partial charge in [-0.1, -0.05) is 6.92 Å². The lowest BCUT2D eigenvalue weighted by Crippen LogP contribution is -2.04. The second-order valence-electron chi connectivity index (χ2n) is 4.74. The van der Waals surface area contributed by atoms with Crippen molar-refractivity contribution >= 4 is 0 Å². The Kier molecular flexibility index (Phi) is 3.65. The zero-order chi connectivity index (χ0) is 13.1. The van der Waals surface area contributed by atoms with Gasteiger partial charge in [0.2, 0.25) is 0 Å². The van der Waals surface area contributed by atoms with Crippen LogP contribution < -0.4 is 4.74 Å². The van der Waals surface area contributed by atoms with Gasteiger partial charge in [-0.2, -0.15) is 15.4 Å². The molecule has 1 atom stereocenters. The van der Waals surface area contributed by atoms with Gasteiger partial charge in [0.05, 0.1) is 19.0 Å². The minimum Gasteiger partial charge on any atom is -0.497 e. The van der Waals surface area contributed by atoms with Gasteiger partial charge in [0.1, 0.15) is 5.75 Å². The standard InChI is InChI=1S/C14H19N3O/c1-9(5-12-8-15-17-16-12)14-10(2)6-13(18-4)7-11(14)3/h6-9H,5H2,1-4H3,(H,15,16,17). The number of aromatic nitrogens is 3. The summed E-state index contributed by atoms with van der Waals surface area (Å²) in [6, 6.07) is 4.17. The lowest BCUT2D eigenvalue weighted by atomic mass is 9.89. The van der Waals surface area contributed by atoms with Crippen LogP contribution in [0.3, 0.4) is 0 Å². The van der Waals surface area contributed by atoms with Gasteiger partial charge in [-0.05, 0) is 55.0 Å². The maximum Gasteiger partial charge on any atom is 0.119 e. The van der Waals surface area contributed by atoms with Crippen LogP contribution in [0.2, 0.25) is 0 Å². The number of methoxy groups -OCH3 is 1. The summed E-state index contributed by atoms with van der Waals surface area (Å²) < 4.78 is 5.29. The third kappa shape index (κ3) is 2.53. The summed E-state index contributed by atoms with van der Waals surface area (Å²) in [6.45, 7) is 6.48. The predicted octanol–water partition coefficient (Wildman–Crippen LogP) is 2.78. The van der Waals surface area contributed by atoms with Crippen LogP contribution in [-0.2, 0) is 6.42 Å². The number of hydrogen-bond donors (Lipinski definition) is 1. The first-order chi connectivity index (χ1) is 8.61. The van der Waals surface area contributed by atoms with E-state index in [1.54, 1.807) is 13.3 Å². The fourth-order valence-electron chi connectivity index (χ4n) is 2.57. The van der Waals surface area contributed by atoms with Crippen LogP contribution in [-0.4, -0.2) is 22.5 Å². The number of nitrogens with zero attached hydrogens (tertiary/aromatic N) is 2. The maximum absolute atomic E-state index is 5.29. The van der Waals surface area contributed by atoms with E-state index in [1.807, 2.05) is 0 Å². The summed E-state index contributed by atoms with van der Waals surface area (Å²) in [6.07, 6.45) is 2.68. The van der Waals surface area contributed by atoms with Gasteiger partial charge in [0, 0.05) is 0 Å². The highest BCUT2D eigenvalue weighted by Crippen LogP contribution is 2.29. The normalized spacial score (nSPS) is 12.4. The van der Waals surface area contributed by atoms with Gasteiger partial charge in [0.15, 0.2) is 0 Å². The van der Waals surface area contributed by atoms with Crippen molar-refractivity contribution in [1.29, 1.82) is 0 Å². The maximum atomic E-state index is 5.29. The van der Waals surface area contributed by atoms with E-state index in [0.29, 0.717) is 5.92 Å². The molecule has 1 N–H and O–H groups in total. The second kappa shape index (κ2) is 5.21. The molecular formula is C14H19N3O. The molecule has 18 heavy (non-hydrogen) atoms. The Hall–Kier alpha value is -1.84. The van der Waals surface area contributed by atoms with Crippen LogP contribution in [0.5, 0.6) is 5.75 Å². The van der Waals surface area contributed by atoms with Gasteiger partial charge in [-0.25, -0.2) is 0 Å². The Morgan fingerprint density at radius 3 is 2.44 bits per heavy atom. The van der Waals surface area contributed by atoms with E-state index in [4.69, 9.17) is 4.74 Å². The molecule has 0 saturated carbocycles. The molecule has 0 saturated heterocycles. The van der Waals surface area contributed by atoms with Crippen LogP contribution in [0.25, 0.3) is 0 Å². The molecule has 96 valence electrons. The number of rotatable bonds is 4. The molecule has 1 aromatic heterocycles. The molecule has 1 unspecified atom stereocenters. The van der Waals surface area contributed by atoms with Crippen LogP contribution in [0.1, 0.15) is 35.2 Å². The van der Waals surface area contributed by atoms with Crippen molar-refractivity contribution in [2.45, 2.75) is 33.1 Å². The summed E-state index contributed by atoms with van der Waals surface area (Å²) in [5, 5.41) is 10.6. The van der Waals surface area contributed by atoms with E-state index >= 15 is 0 Å². The summed E-state index contributed by atoms with van der Waals surface area (Å²) in [5.41, 5.74) is 4.90. The van der Waals surface area contributed by atoms with Crippen molar-refractivity contribution in [3.8, 4) is 5.75 Å². The number of nitrogens with one attached hydrogen (secondary N) is 1. The molecule has 2 rings (SSSR count). The Morgan fingerprint density at radius 1 is 1.28 bits per heavy atom. The average Bonchev–Trinajstić information content (AvgIpc) is 2.80. The fraction of sp³-hybridized carbons (Fsp3) is 0.429. The number of aromatic amines is 1. The van der Waals surface area contributed by atoms with Crippen molar-refractivity contribution in [2.24, 2.45) is 0 Å². The molecule has 0 radical (unpaired) electrons. The van der Waals surface area contributed by atoms with Gasteiger partial charge in [0.25, 0.3) is 0 Å². The minimum atomic E-state index is 0.418. The monoisotopic (exact) mass is 245 g/mol. The van der Waals surface area contributed by atoms with Crippen molar-refractivity contribution < 1.29 is 4.74 Å². The zero-order valence-electron chi connectivity index (χ0n) is 11.3. The molecule has 0 bridgehead atoms. The SMILES string of the molecule is COc1cc(C)c(C(C)Cc2cn[nH]n2)c(C)c1. The van der Waals surface area contributed by atoms with E-state index in [9.17, 15) is 0 Å². The Morgan fingerprint density at radius 2 is 1.94 bits per heavy atom. The first kappa shape index (κ1) is 12.6. The van der Waals surface area contributed by atoms with Crippen molar-refractivity contribution in [1.82, 2.24) is 15.4 Å². The average molecular weight is 245 g/mol. The van der Waals surface area contributed by atoms with E-state index in [0.717, 1.165) is 17.9 Å². The van der Waals surface area contributed by atoms with Crippen LogP contribution in [0, 0.1) is 13.8 Å². The molecule has 0 aliphatic rings. The smallest absolute Gasteiger partial charge is 0.119 e. The highest BCUT2D eigenvalue weighted by molar-refractivity contribution is 5.43. The first-order valence-corrected chi connectivity index (χ1v) is 6.11. The third-order valence-electron chi connectivity index (χ3n) is 3.28. The van der Waals surface area contributed by atoms with Crippen LogP contribution in [0.15, 0.2) is 18.3 Å². The predicted molar refractivity (Wildman–Crippen MR) is 71.0 cm³/mol. The number of aryl methyl sites for hydroxylation is 2. The van der Waals surface area contributed by atoms with Crippen molar-refractivity contribution in [2.75, 3.05) is 7.11 Å². The molecule has 0 spiro atoms. The van der Waals surface area contributed by atoms with E-state index in [2.05, 4.69) is 48.3 Å². The zero-order valence-corrected chi connectivity index (χ0v) is 11.3. The van der Waals surface area contributed by atoms with Crippen molar-refractivity contribution in [3.63, 3.8) is 0 Å². The minimum absolute atomic E-state index is 0.418. The van der Waals surface area contributed by atoms with E-state index in [-0.39, 0.29) is 0 Å². The van der Waals surface area contributed by atoms with Crippen LogP contribution >= 0.6 is 0 Å². The molecule has 4 nitrogen and oxygen atoms in total. The summed E-state index contributed by atoms with van der Waals surface area (Å²) >= 11 is 0.